The zero-order chi connectivity index (χ0) is 14.5. The quantitative estimate of drug-likeness (QED) is 0.816. The summed E-state index contributed by atoms with van der Waals surface area (Å²) in [5.41, 5.74) is 0. The molecule has 1 aliphatic heterocycles. The summed E-state index contributed by atoms with van der Waals surface area (Å²) < 4.78 is 5.27. The Hall–Kier alpha value is -1.30. The number of carbonyl (C=O) groups excluding carboxylic acids is 1. The minimum absolute atomic E-state index is 0.0623. The van der Waals surface area contributed by atoms with Crippen LogP contribution in [0.5, 0.6) is 0 Å². The Morgan fingerprint density at radius 3 is 2.85 bits per heavy atom. The minimum Gasteiger partial charge on any atom is -0.481 e. The molecule has 1 saturated heterocycles. The molecule has 0 aromatic carbocycles. The van der Waals surface area contributed by atoms with Crippen LogP contribution < -0.4 is 5.32 Å². The van der Waals surface area contributed by atoms with Crippen molar-refractivity contribution in [3.8, 4) is 0 Å². The van der Waals surface area contributed by atoms with Crippen molar-refractivity contribution in [3.63, 3.8) is 0 Å². The van der Waals surface area contributed by atoms with E-state index >= 15 is 0 Å². The molecule has 114 valence electrons. The first-order valence-electron chi connectivity index (χ1n) is 7.42. The Bertz CT molecular complexity index is 361. The molecule has 2 aliphatic rings. The first-order chi connectivity index (χ1) is 9.58. The second-order valence-electron chi connectivity index (χ2n) is 5.87. The van der Waals surface area contributed by atoms with Crippen molar-refractivity contribution in [1.82, 2.24) is 10.2 Å². The lowest BCUT2D eigenvalue weighted by atomic mass is 9.98. The number of rotatable bonds is 4. The highest BCUT2D eigenvalue weighted by Crippen LogP contribution is 2.30. The maximum Gasteiger partial charge on any atom is 0.317 e. The lowest BCUT2D eigenvalue weighted by molar-refractivity contribution is -0.139. The summed E-state index contributed by atoms with van der Waals surface area (Å²) in [6, 6.07) is -0.513. The Balaban J connectivity index is 1.84. The lowest BCUT2D eigenvalue weighted by Gasteiger charge is -2.35. The molecule has 2 N–H and O–H groups in total. The number of carbonyl (C=O) groups is 2. The van der Waals surface area contributed by atoms with Crippen LogP contribution in [-0.4, -0.2) is 54.4 Å². The van der Waals surface area contributed by atoms with E-state index in [1.165, 1.54) is 19.3 Å². The lowest BCUT2D eigenvalue weighted by Crippen LogP contribution is -2.53. The second-order valence-corrected chi connectivity index (χ2v) is 5.87. The number of hydrogen-bond acceptors (Lipinski definition) is 3. The van der Waals surface area contributed by atoms with Gasteiger partial charge in [-0.15, -0.1) is 0 Å². The van der Waals surface area contributed by atoms with E-state index < -0.39 is 5.97 Å². The Kier molecular flexibility index (Phi) is 5.23. The number of ether oxygens (including phenoxy) is 1. The third kappa shape index (κ3) is 3.85. The summed E-state index contributed by atoms with van der Waals surface area (Å²) in [4.78, 5) is 24.7. The summed E-state index contributed by atoms with van der Waals surface area (Å²) in [6.45, 7) is 4.16. The SMILES string of the molecule is CC1CCCC1CNC(=O)N1CCOCC1CC(=O)O. The standard InChI is InChI=1S/C14H24N2O4/c1-10-3-2-4-11(10)8-15-14(19)16-5-6-20-9-12(16)7-13(17)18/h10-12H,2-9H2,1H3,(H,15,19)(H,17,18). The van der Waals surface area contributed by atoms with Gasteiger partial charge in [0.05, 0.1) is 25.7 Å². The predicted octanol–water partition coefficient (Wildman–Crippen LogP) is 1.31. The van der Waals surface area contributed by atoms with Crippen molar-refractivity contribution in [1.29, 1.82) is 0 Å². The van der Waals surface area contributed by atoms with E-state index in [1.807, 2.05) is 0 Å². The van der Waals surface area contributed by atoms with Gasteiger partial charge in [-0.05, 0) is 18.3 Å². The molecule has 3 atom stereocenters. The molecule has 6 heteroatoms. The van der Waals surface area contributed by atoms with Gasteiger partial charge in [0, 0.05) is 13.1 Å². The molecule has 0 aromatic heterocycles. The number of nitrogens with one attached hydrogen (secondary N) is 1. The van der Waals surface area contributed by atoms with Crippen molar-refractivity contribution in [2.75, 3.05) is 26.3 Å². The topological polar surface area (TPSA) is 78.9 Å². The monoisotopic (exact) mass is 284 g/mol. The number of carboxylic acids is 1. The molecule has 2 fully saturated rings. The highest BCUT2D eigenvalue weighted by Gasteiger charge is 2.30. The van der Waals surface area contributed by atoms with E-state index in [2.05, 4.69) is 12.2 Å². The third-order valence-electron chi connectivity index (χ3n) is 4.45. The van der Waals surface area contributed by atoms with Gasteiger partial charge >= 0.3 is 12.0 Å². The van der Waals surface area contributed by atoms with Crippen LogP contribution in [-0.2, 0) is 9.53 Å². The van der Waals surface area contributed by atoms with Crippen molar-refractivity contribution in [2.24, 2.45) is 11.8 Å². The van der Waals surface area contributed by atoms with Crippen LogP contribution in [0.3, 0.4) is 0 Å². The number of carboxylic acid groups (broad SMARTS) is 1. The van der Waals surface area contributed by atoms with E-state index in [0.29, 0.717) is 38.1 Å². The molecule has 3 unspecified atom stereocenters. The van der Waals surface area contributed by atoms with Gasteiger partial charge in [-0.25, -0.2) is 4.79 Å². The predicted molar refractivity (Wildman–Crippen MR) is 73.5 cm³/mol. The van der Waals surface area contributed by atoms with Crippen LogP contribution in [0.25, 0.3) is 0 Å². The molecule has 1 heterocycles. The highest BCUT2D eigenvalue weighted by molar-refractivity contribution is 5.76. The maximum absolute atomic E-state index is 12.2. The van der Waals surface area contributed by atoms with Crippen LogP contribution in [0.1, 0.15) is 32.6 Å². The largest absolute Gasteiger partial charge is 0.481 e. The van der Waals surface area contributed by atoms with E-state index in [4.69, 9.17) is 9.84 Å². The molecule has 0 aromatic rings. The smallest absolute Gasteiger partial charge is 0.317 e. The molecule has 1 aliphatic carbocycles. The maximum atomic E-state index is 12.2. The fraction of sp³-hybridized carbons (Fsp3) is 0.857. The minimum atomic E-state index is -0.900. The molecule has 0 bridgehead atoms. The van der Waals surface area contributed by atoms with Crippen LogP contribution in [0.15, 0.2) is 0 Å². The van der Waals surface area contributed by atoms with Crippen molar-refractivity contribution >= 4 is 12.0 Å². The van der Waals surface area contributed by atoms with Gasteiger partial charge < -0.3 is 20.1 Å². The molecule has 6 nitrogen and oxygen atoms in total. The Morgan fingerprint density at radius 2 is 2.20 bits per heavy atom. The Labute approximate surface area is 119 Å². The molecular formula is C14H24N2O4. The number of nitrogens with zero attached hydrogens (tertiary/aromatic N) is 1. The van der Waals surface area contributed by atoms with E-state index in [1.54, 1.807) is 4.90 Å². The molecular weight excluding hydrogens is 260 g/mol. The van der Waals surface area contributed by atoms with Gasteiger partial charge in [-0.3, -0.25) is 4.79 Å². The fourth-order valence-electron chi connectivity index (χ4n) is 3.14. The molecule has 2 rings (SSSR count). The summed E-state index contributed by atoms with van der Waals surface area (Å²) in [7, 11) is 0. The Morgan fingerprint density at radius 1 is 1.40 bits per heavy atom. The summed E-state index contributed by atoms with van der Waals surface area (Å²) >= 11 is 0. The molecule has 20 heavy (non-hydrogen) atoms. The van der Waals surface area contributed by atoms with Gasteiger partial charge in [0.2, 0.25) is 0 Å². The summed E-state index contributed by atoms with van der Waals surface area (Å²) in [5, 5.41) is 11.9. The molecule has 0 spiro atoms. The average Bonchev–Trinajstić information content (AvgIpc) is 2.81. The summed E-state index contributed by atoms with van der Waals surface area (Å²) in [5.74, 6) is 0.315. The van der Waals surface area contributed by atoms with Gasteiger partial charge in [-0.1, -0.05) is 19.8 Å². The van der Waals surface area contributed by atoms with Crippen LogP contribution in [0, 0.1) is 11.8 Å². The van der Waals surface area contributed by atoms with E-state index in [-0.39, 0.29) is 18.5 Å². The first kappa shape index (κ1) is 15.1. The molecule has 2 amide bonds. The normalized spacial score (nSPS) is 30.2. The average molecular weight is 284 g/mol. The van der Waals surface area contributed by atoms with Gasteiger partial charge in [0.15, 0.2) is 0 Å². The highest BCUT2D eigenvalue weighted by atomic mass is 16.5. The zero-order valence-corrected chi connectivity index (χ0v) is 12.0. The van der Waals surface area contributed by atoms with Crippen molar-refractivity contribution in [2.45, 2.75) is 38.6 Å². The number of urea groups is 1. The molecule has 1 saturated carbocycles. The number of morpholine rings is 1. The van der Waals surface area contributed by atoms with Crippen LogP contribution in [0.2, 0.25) is 0 Å². The third-order valence-corrected chi connectivity index (χ3v) is 4.45. The van der Waals surface area contributed by atoms with Crippen molar-refractivity contribution in [3.05, 3.63) is 0 Å². The number of amides is 2. The number of hydrogen-bond donors (Lipinski definition) is 2. The van der Waals surface area contributed by atoms with Gasteiger partial charge in [0.1, 0.15) is 0 Å². The van der Waals surface area contributed by atoms with Gasteiger partial charge in [0.25, 0.3) is 0 Å². The summed E-state index contributed by atoms with van der Waals surface area (Å²) in [6.07, 6.45) is 3.58. The van der Waals surface area contributed by atoms with Crippen LogP contribution in [0.4, 0.5) is 4.79 Å². The van der Waals surface area contributed by atoms with Crippen LogP contribution >= 0.6 is 0 Å². The molecule has 0 radical (unpaired) electrons. The van der Waals surface area contributed by atoms with E-state index in [9.17, 15) is 9.59 Å². The first-order valence-corrected chi connectivity index (χ1v) is 7.42. The zero-order valence-electron chi connectivity index (χ0n) is 12.0. The van der Waals surface area contributed by atoms with Crippen molar-refractivity contribution < 1.29 is 19.4 Å². The number of aliphatic carboxylic acids is 1. The second kappa shape index (κ2) is 6.92. The fourth-order valence-corrected chi connectivity index (χ4v) is 3.14. The van der Waals surface area contributed by atoms with E-state index in [0.717, 1.165) is 0 Å². The van der Waals surface area contributed by atoms with Gasteiger partial charge in [-0.2, -0.15) is 0 Å².